The summed E-state index contributed by atoms with van der Waals surface area (Å²) in [6.45, 7) is 4.20. The molecule has 3 N–H and O–H groups in total. The summed E-state index contributed by atoms with van der Waals surface area (Å²) in [6.07, 6.45) is 7.90. The Balaban J connectivity index is 0.00000192. The normalized spacial score (nSPS) is 19.7. The van der Waals surface area contributed by atoms with E-state index in [4.69, 9.17) is 5.73 Å². The highest BCUT2D eigenvalue weighted by Crippen LogP contribution is 2.18. The molecule has 23 heavy (non-hydrogen) atoms. The molecule has 0 amide bonds. The van der Waals surface area contributed by atoms with Crippen molar-refractivity contribution >= 4 is 29.9 Å². The Morgan fingerprint density at radius 3 is 2.52 bits per heavy atom. The van der Waals surface area contributed by atoms with E-state index in [0.717, 1.165) is 6.54 Å². The number of guanidine groups is 1. The van der Waals surface area contributed by atoms with Gasteiger partial charge in [0.05, 0.1) is 6.54 Å². The van der Waals surface area contributed by atoms with Gasteiger partial charge in [-0.3, -0.25) is 4.90 Å². The lowest BCUT2D eigenvalue weighted by atomic mass is 10.1. The number of rotatable bonds is 5. The molecule has 0 unspecified atom stereocenters. The standard InChI is InChI=1S/C18H28N4.HI/c19-18(21-17-8-9-17)20-13-15-6-5-7-16(12-15)14-22-10-3-1-2-4-11-22;/h5-7,12,17H,1-4,8-11,13-14H2,(H3,19,20,21);1H. The maximum Gasteiger partial charge on any atom is 0.189 e. The van der Waals surface area contributed by atoms with Crippen LogP contribution in [0.4, 0.5) is 0 Å². The first kappa shape index (κ1) is 18.5. The molecule has 1 heterocycles. The van der Waals surface area contributed by atoms with E-state index in [-0.39, 0.29) is 24.0 Å². The minimum Gasteiger partial charge on any atom is -0.370 e. The molecule has 128 valence electrons. The highest BCUT2D eigenvalue weighted by molar-refractivity contribution is 14.0. The second-order valence-corrected chi connectivity index (χ2v) is 6.63. The largest absolute Gasteiger partial charge is 0.370 e. The van der Waals surface area contributed by atoms with Crippen LogP contribution in [-0.2, 0) is 13.1 Å². The number of halogens is 1. The Morgan fingerprint density at radius 2 is 1.83 bits per heavy atom. The molecule has 1 aromatic rings. The molecule has 1 aromatic carbocycles. The van der Waals surface area contributed by atoms with Crippen molar-refractivity contribution in [3.8, 4) is 0 Å². The summed E-state index contributed by atoms with van der Waals surface area (Å²) in [5, 5.41) is 3.23. The van der Waals surface area contributed by atoms with E-state index in [2.05, 4.69) is 39.5 Å². The molecule has 0 radical (unpaired) electrons. The zero-order valence-corrected chi connectivity index (χ0v) is 16.2. The first-order valence-electron chi connectivity index (χ1n) is 8.66. The van der Waals surface area contributed by atoms with Gasteiger partial charge in [0.1, 0.15) is 0 Å². The van der Waals surface area contributed by atoms with Crippen LogP contribution >= 0.6 is 24.0 Å². The topological polar surface area (TPSA) is 53.6 Å². The minimum absolute atomic E-state index is 0. The second-order valence-electron chi connectivity index (χ2n) is 6.63. The zero-order chi connectivity index (χ0) is 15.2. The maximum absolute atomic E-state index is 5.90. The van der Waals surface area contributed by atoms with Crippen molar-refractivity contribution in [3.63, 3.8) is 0 Å². The fourth-order valence-electron chi connectivity index (χ4n) is 3.04. The second kappa shape index (κ2) is 9.47. The lowest BCUT2D eigenvalue weighted by Crippen LogP contribution is -2.33. The number of likely N-dealkylation sites (tertiary alicyclic amines) is 1. The van der Waals surface area contributed by atoms with Crippen LogP contribution in [0.25, 0.3) is 0 Å². The van der Waals surface area contributed by atoms with E-state index in [1.54, 1.807) is 0 Å². The summed E-state index contributed by atoms with van der Waals surface area (Å²) in [6, 6.07) is 9.35. The summed E-state index contributed by atoms with van der Waals surface area (Å²) < 4.78 is 0. The molecule has 0 spiro atoms. The molecule has 4 nitrogen and oxygen atoms in total. The molecule has 5 heteroatoms. The zero-order valence-electron chi connectivity index (χ0n) is 13.8. The van der Waals surface area contributed by atoms with E-state index >= 15 is 0 Å². The first-order chi connectivity index (χ1) is 10.8. The number of benzene rings is 1. The number of nitrogens with two attached hydrogens (primary N) is 1. The Labute approximate surface area is 156 Å². The van der Waals surface area contributed by atoms with Crippen molar-refractivity contribution in [1.29, 1.82) is 0 Å². The third-order valence-corrected chi connectivity index (χ3v) is 4.46. The number of hydrogen-bond acceptors (Lipinski definition) is 2. The molecule has 2 fully saturated rings. The average Bonchev–Trinajstić information content (AvgIpc) is 3.34. The lowest BCUT2D eigenvalue weighted by Gasteiger charge is -2.20. The van der Waals surface area contributed by atoms with Gasteiger partial charge in [0, 0.05) is 12.6 Å². The van der Waals surface area contributed by atoms with Crippen molar-refractivity contribution in [2.24, 2.45) is 10.7 Å². The molecule has 0 aromatic heterocycles. The third-order valence-electron chi connectivity index (χ3n) is 4.46. The van der Waals surface area contributed by atoms with Crippen LogP contribution in [0.1, 0.15) is 49.7 Å². The van der Waals surface area contributed by atoms with Crippen LogP contribution in [0, 0.1) is 0 Å². The van der Waals surface area contributed by atoms with E-state index in [1.165, 1.54) is 62.7 Å². The molecular formula is C18H29IN4. The van der Waals surface area contributed by atoms with Crippen LogP contribution in [0.2, 0.25) is 0 Å². The summed E-state index contributed by atoms with van der Waals surface area (Å²) in [4.78, 5) is 7.03. The first-order valence-corrected chi connectivity index (χ1v) is 8.66. The van der Waals surface area contributed by atoms with Gasteiger partial charge in [-0.15, -0.1) is 24.0 Å². The Bertz CT molecular complexity index is 505. The molecule has 1 aliphatic carbocycles. The van der Waals surface area contributed by atoms with E-state index in [1.807, 2.05) is 0 Å². The van der Waals surface area contributed by atoms with E-state index in [9.17, 15) is 0 Å². The maximum atomic E-state index is 5.90. The highest BCUT2D eigenvalue weighted by Gasteiger charge is 2.21. The Morgan fingerprint density at radius 1 is 1.13 bits per heavy atom. The number of nitrogens with zero attached hydrogens (tertiary/aromatic N) is 2. The Kier molecular flexibility index (Phi) is 7.62. The van der Waals surface area contributed by atoms with Crippen molar-refractivity contribution in [3.05, 3.63) is 35.4 Å². The SMILES string of the molecule is I.NC(=NCc1cccc(CN2CCCCCC2)c1)NC1CC1. The van der Waals surface area contributed by atoms with Gasteiger partial charge in [0.25, 0.3) is 0 Å². The molecule has 0 bridgehead atoms. The molecule has 2 aliphatic rings. The quantitative estimate of drug-likeness (QED) is 0.430. The summed E-state index contributed by atoms with van der Waals surface area (Å²) in [5.74, 6) is 0.584. The summed E-state index contributed by atoms with van der Waals surface area (Å²) in [5.41, 5.74) is 8.53. The molecule has 1 saturated heterocycles. The number of aliphatic imine (C=N–C) groups is 1. The minimum atomic E-state index is 0. The highest BCUT2D eigenvalue weighted by atomic mass is 127. The van der Waals surface area contributed by atoms with Crippen LogP contribution in [-0.4, -0.2) is 30.0 Å². The van der Waals surface area contributed by atoms with Gasteiger partial charge in [0.15, 0.2) is 5.96 Å². The van der Waals surface area contributed by atoms with Gasteiger partial charge in [-0.25, -0.2) is 4.99 Å². The van der Waals surface area contributed by atoms with Crippen LogP contribution in [0.15, 0.2) is 29.3 Å². The van der Waals surface area contributed by atoms with Crippen molar-refractivity contribution in [2.45, 2.75) is 57.7 Å². The average molecular weight is 428 g/mol. The summed E-state index contributed by atoms with van der Waals surface area (Å²) in [7, 11) is 0. The Hall–Kier alpha value is -0.820. The molecular weight excluding hydrogens is 399 g/mol. The van der Waals surface area contributed by atoms with E-state index in [0.29, 0.717) is 18.5 Å². The van der Waals surface area contributed by atoms with Crippen LogP contribution in [0.3, 0.4) is 0 Å². The summed E-state index contributed by atoms with van der Waals surface area (Å²) >= 11 is 0. The molecule has 1 saturated carbocycles. The third kappa shape index (κ3) is 6.67. The molecule has 3 rings (SSSR count). The lowest BCUT2D eigenvalue weighted by molar-refractivity contribution is 0.277. The predicted molar refractivity (Wildman–Crippen MR) is 107 cm³/mol. The fraction of sp³-hybridized carbons (Fsp3) is 0.611. The predicted octanol–water partition coefficient (Wildman–Crippen LogP) is 3.25. The van der Waals surface area contributed by atoms with Gasteiger partial charge in [-0.1, -0.05) is 37.1 Å². The van der Waals surface area contributed by atoms with Gasteiger partial charge in [-0.2, -0.15) is 0 Å². The van der Waals surface area contributed by atoms with Crippen LogP contribution in [0.5, 0.6) is 0 Å². The van der Waals surface area contributed by atoms with E-state index < -0.39 is 0 Å². The van der Waals surface area contributed by atoms with Gasteiger partial charge in [0.2, 0.25) is 0 Å². The number of hydrogen-bond donors (Lipinski definition) is 2. The van der Waals surface area contributed by atoms with Gasteiger partial charge >= 0.3 is 0 Å². The fourth-order valence-corrected chi connectivity index (χ4v) is 3.04. The molecule has 0 atom stereocenters. The van der Waals surface area contributed by atoms with Crippen molar-refractivity contribution in [1.82, 2.24) is 10.2 Å². The number of nitrogens with one attached hydrogen (secondary N) is 1. The monoisotopic (exact) mass is 428 g/mol. The van der Waals surface area contributed by atoms with Gasteiger partial charge < -0.3 is 11.1 Å². The van der Waals surface area contributed by atoms with Crippen molar-refractivity contribution in [2.75, 3.05) is 13.1 Å². The smallest absolute Gasteiger partial charge is 0.189 e. The van der Waals surface area contributed by atoms with Crippen molar-refractivity contribution < 1.29 is 0 Å². The molecule has 1 aliphatic heterocycles. The van der Waals surface area contributed by atoms with Gasteiger partial charge in [-0.05, 0) is 49.9 Å². The van der Waals surface area contributed by atoms with Crippen LogP contribution < -0.4 is 11.1 Å².